The summed E-state index contributed by atoms with van der Waals surface area (Å²) in [6.45, 7) is 10.5. The molecule has 20 heavy (non-hydrogen) atoms. The molecule has 0 N–H and O–H groups in total. The van der Waals surface area contributed by atoms with Crippen LogP contribution in [0.3, 0.4) is 0 Å². The van der Waals surface area contributed by atoms with Gasteiger partial charge in [-0.05, 0) is 20.8 Å². The zero-order chi connectivity index (χ0) is 15.1. The third-order valence-corrected chi connectivity index (χ3v) is 5.45. The van der Waals surface area contributed by atoms with Gasteiger partial charge in [0.2, 0.25) is 0 Å². The van der Waals surface area contributed by atoms with Crippen molar-refractivity contribution < 1.29 is 27.5 Å². The summed E-state index contributed by atoms with van der Waals surface area (Å²) in [5.41, 5.74) is 0. The summed E-state index contributed by atoms with van der Waals surface area (Å²) in [6.07, 6.45) is 0. The number of methoxy groups -OCH3 is 1. The van der Waals surface area contributed by atoms with E-state index in [1.54, 1.807) is 7.11 Å². The Hall–Kier alpha value is -0.0231. The molecule has 0 heterocycles. The quantitative estimate of drug-likeness (QED) is 0.339. The van der Waals surface area contributed by atoms with Gasteiger partial charge in [0.25, 0.3) is 0 Å². The Bertz CT molecular complexity index is 188. The lowest BCUT2D eigenvalue weighted by Crippen LogP contribution is -2.46. The molecule has 7 heteroatoms. The zero-order valence-corrected chi connectivity index (χ0v) is 14.3. The highest BCUT2D eigenvalue weighted by Crippen LogP contribution is 2.15. The SMILES string of the molecule is CCO[Si](CCOCCOCCOC)(OCC)OCC. The summed E-state index contributed by atoms with van der Waals surface area (Å²) < 4.78 is 32.9. The molecule has 6 nitrogen and oxygen atoms in total. The predicted molar refractivity (Wildman–Crippen MR) is 79.0 cm³/mol. The summed E-state index contributed by atoms with van der Waals surface area (Å²) in [7, 11) is -0.910. The maximum absolute atomic E-state index is 5.74. The van der Waals surface area contributed by atoms with Gasteiger partial charge in [0.05, 0.1) is 33.0 Å². The van der Waals surface area contributed by atoms with E-state index in [-0.39, 0.29) is 0 Å². The van der Waals surface area contributed by atoms with Crippen LogP contribution in [0.1, 0.15) is 20.8 Å². The summed E-state index contributed by atoms with van der Waals surface area (Å²) in [5, 5.41) is 0. The van der Waals surface area contributed by atoms with Crippen molar-refractivity contribution >= 4 is 8.80 Å². The molecule has 0 saturated heterocycles. The van der Waals surface area contributed by atoms with Crippen molar-refractivity contribution in [1.82, 2.24) is 0 Å². The van der Waals surface area contributed by atoms with E-state index in [4.69, 9.17) is 27.5 Å². The molecule has 0 rings (SSSR count). The Balaban J connectivity index is 3.82. The van der Waals surface area contributed by atoms with Gasteiger partial charge in [0, 0.05) is 33.0 Å². The minimum absolute atomic E-state index is 0.554. The largest absolute Gasteiger partial charge is 0.503 e. The molecular formula is C13H30O6Si. The fourth-order valence-corrected chi connectivity index (χ4v) is 4.06. The van der Waals surface area contributed by atoms with Crippen LogP contribution >= 0.6 is 0 Å². The fraction of sp³-hybridized carbons (Fsp3) is 1.00. The second kappa shape index (κ2) is 13.9. The normalized spacial score (nSPS) is 12.0. The maximum atomic E-state index is 5.74. The Morgan fingerprint density at radius 2 is 1.10 bits per heavy atom. The predicted octanol–water partition coefficient (Wildman–Crippen LogP) is 1.71. The van der Waals surface area contributed by atoms with E-state index in [0.29, 0.717) is 58.9 Å². The molecular weight excluding hydrogens is 280 g/mol. The number of rotatable bonds is 15. The first kappa shape index (κ1) is 20.0. The molecule has 0 saturated carbocycles. The molecule has 0 bridgehead atoms. The van der Waals surface area contributed by atoms with Gasteiger partial charge in [0.1, 0.15) is 0 Å². The Labute approximate surface area is 124 Å². The number of hydrogen-bond donors (Lipinski definition) is 0. The van der Waals surface area contributed by atoms with E-state index in [1.165, 1.54) is 0 Å². The monoisotopic (exact) mass is 310 g/mol. The van der Waals surface area contributed by atoms with E-state index in [0.717, 1.165) is 0 Å². The Morgan fingerprint density at radius 1 is 0.650 bits per heavy atom. The third kappa shape index (κ3) is 9.81. The standard InChI is InChI=1S/C13H30O6Si/c1-5-17-20(18-6-2,19-7-3)13-12-16-11-10-15-9-8-14-4/h5-13H2,1-4H3. The lowest BCUT2D eigenvalue weighted by atomic mass is 10.7. The van der Waals surface area contributed by atoms with E-state index in [1.807, 2.05) is 20.8 Å². The van der Waals surface area contributed by atoms with Gasteiger partial charge in [-0.2, -0.15) is 0 Å². The van der Waals surface area contributed by atoms with Crippen LogP contribution in [0.4, 0.5) is 0 Å². The minimum Gasteiger partial charge on any atom is -0.382 e. The maximum Gasteiger partial charge on any atom is 0.503 e. The van der Waals surface area contributed by atoms with Crippen molar-refractivity contribution in [2.24, 2.45) is 0 Å². The van der Waals surface area contributed by atoms with Crippen LogP contribution in [-0.2, 0) is 27.5 Å². The Morgan fingerprint density at radius 3 is 1.55 bits per heavy atom. The average molecular weight is 310 g/mol. The molecule has 0 aromatic carbocycles. The molecule has 122 valence electrons. The van der Waals surface area contributed by atoms with Crippen LogP contribution in [0.25, 0.3) is 0 Å². The van der Waals surface area contributed by atoms with Crippen molar-refractivity contribution in [3.05, 3.63) is 0 Å². The summed E-state index contributed by atoms with van der Waals surface area (Å²) >= 11 is 0. The van der Waals surface area contributed by atoms with Crippen LogP contribution < -0.4 is 0 Å². The molecule has 0 aromatic heterocycles. The van der Waals surface area contributed by atoms with Gasteiger partial charge in [-0.3, -0.25) is 0 Å². The molecule has 0 amide bonds. The molecule has 0 unspecified atom stereocenters. The summed E-state index contributed by atoms with van der Waals surface area (Å²) in [5.74, 6) is 0. The molecule has 0 aliphatic heterocycles. The van der Waals surface area contributed by atoms with Gasteiger partial charge >= 0.3 is 8.80 Å². The van der Waals surface area contributed by atoms with Crippen molar-refractivity contribution in [2.45, 2.75) is 26.8 Å². The molecule has 0 radical (unpaired) electrons. The van der Waals surface area contributed by atoms with Crippen molar-refractivity contribution in [3.8, 4) is 0 Å². The molecule has 0 atom stereocenters. The highest BCUT2D eigenvalue weighted by atomic mass is 28.4. The first-order chi connectivity index (χ1) is 9.74. The zero-order valence-electron chi connectivity index (χ0n) is 13.3. The number of ether oxygens (including phenoxy) is 3. The van der Waals surface area contributed by atoms with Crippen molar-refractivity contribution in [2.75, 3.05) is 60.0 Å². The molecule has 0 spiro atoms. The van der Waals surface area contributed by atoms with Gasteiger partial charge in [-0.15, -0.1) is 0 Å². The Kier molecular flexibility index (Phi) is 13.9. The summed E-state index contributed by atoms with van der Waals surface area (Å²) in [4.78, 5) is 0. The first-order valence-electron chi connectivity index (χ1n) is 7.30. The van der Waals surface area contributed by atoms with Crippen LogP contribution in [0.15, 0.2) is 0 Å². The van der Waals surface area contributed by atoms with Gasteiger partial charge < -0.3 is 27.5 Å². The van der Waals surface area contributed by atoms with Crippen molar-refractivity contribution in [3.63, 3.8) is 0 Å². The second-order valence-electron chi connectivity index (χ2n) is 3.95. The third-order valence-electron chi connectivity index (χ3n) is 2.45. The lowest BCUT2D eigenvalue weighted by molar-refractivity contribution is 0.0202. The van der Waals surface area contributed by atoms with Crippen LogP contribution in [0.2, 0.25) is 6.04 Å². The average Bonchev–Trinajstić information content (AvgIpc) is 2.43. The first-order valence-corrected chi connectivity index (χ1v) is 9.24. The van der Waals surface area contributed by atoms with Gasteiger partial charge in [-0.25, -0.2) is 0 Å². The minimum atomic E-state index is -2.56. The fourth-order valence-electron chi connectivity index (χ4n) is 1.66. The van der Waals surface area contributed by atoms with E-state index >= 15 is 0 Å². The second-order valence-corrected chi connectivity index (χ2v) is 6.68. The smallest absolute Gasteiger partial charge is 0.382 e. The van der Waals surface area contributed by atoms with E-state index < -0.39 is 8.80 Å². The van der Waals surface area contributed by atoms with Crippen molar-refractivity contribution in [1.29, 1.82) is 0 Å². The lowest BCUT2D eigenvalue weighted by Gasteiger charge is -2.28. The summed E-state index contributed by atoms with van der Waals surface area (Å²) in [6, 6.07) is 0.667. The van der Waals surface area contributed by atoms with Crippen LogP contribution in [-0.4, -0.2) is 68.8 Å². The molecule has 0 aromatic rings. The highest BCUT2D eigenvalue weighted by molar-refractivity contribution is 6.60. The van der Waals surface area contributed by atoms with Gasteiger partial charge in [-0.1, -0.05) is 0 Å². The molecule has 0 aliphatic rings. The van der Waals surface area contributed by atoms with Crippen LogP contribution in [0, 0.1) is 0 Å². The van der Waals surface area contributed by atoms with E-state index in [9.17, 15) is 0 Å². The number of hydrogen-bond acceptors (Lipinski definition) is 6. The van der Waals surface area contributed by atoms with Crippen LogP contribution in [0.5, 0.6) is 0 Å². The molecule has 0 fully saturated rings. The highest BCUT2D eigenvalue weighted by Gasteiger charge is 2.39. The van der Waals surface area contributed by atoms with E-state index in [2.05, 4.69) is 0 Å². The molecule has 0 aliphatic carbocycles. The van der Waals surface area contributed by atoms with Gasteiger partial charge in [0.15, 0.2) is 0 Å². The topological polar surface area (TPSA) is 55.4 Å².